The molecule has 23 heavy (non-hydrogen) atoms. The number of benzene rings is 1. The summed E-state index contributed by atoms with van der Waals surface area (Å²) in [5, 5.41) is 24.4. The quantitative estimate of drug-likeness (QED) is 0.555. The Balaban J connectivity index is 2.30. The maximum absolute atomic E-state index is 11.5. The highest BCUT2D eigenvalue weighted by Crippen LogP contribution is 2.27. The minimum atomic E-state index is -1.17. The zero-order valence-electron chi connectivity index (χ0n) is 11.7. The van der Waals surface area contributed by atoms with E-state index in [-0.39, 0.29) is 11.4 Å². The Labute approximate surface area is 137 Å². The Bertz CT molecular complexity index is 967. The van der Waals surface area contributed by atoms with Crippen LogP contribution in [0.15, 0.2) is 34.8 Å². The fourth-order valence-electron chi connectivity index (χ4n) is 2.18. The summed E-state index contributed by atoms with van der Waals surface area (Å²) in [5.74, 6) is -1.17. The van der Waals surface area contributed by atoms with E-state index in [0.29, 0.717) is 27.1 Å². The van der Waals surface area contributed by atoms with Crippen molar-refractivity contribution in [2.75, 3.05) is 0 Å². The molecule has 0 fully saturated rings. The molecule has 1 N–H and O–H groups in total. The highest BCUT2D eigenvalue weighted by atomic mass is 79.9. The third kappa shape index (κ3) is 2.55. The van der Waals surface area contributed by atoms with Gasteiger partial charge in [0.2, 0.25) is 0 Å². The van der Waals surface area contributed by atoms with Crippen LogP contribution in [-0.2, 0) is 0 Å². The number of carbonyl (C=O) groups is 1. The van der Waals surface area contributed by atoms with E-state index in [0.717, 1.165) is 0 Å². The van der Waals surface area contributed by atoms with Crippen molar-refractivity contribution >= 4 is 33.2 Å². The molecule has 0 amide bonds. The van der Waals surface area contributed by atoms with Crippen LogP contribution in [0.2, 0.25) is 0 Å². The van der Waals surface area contributed by atoms with E-state index in [1.807, 2.05) is 0 Å². The summed E-state index contributed by atoms with van der Waals surface area (Å²) >= 11 is 3.33. The highest BCUT2D eigenvalue weighted by molar-refractivity contribution is 9.10. The lowest BCUT2D eigenvalue weighted by Crippen LogP contribution is -2.08. The fourth-order valence-corrected chi connectivity index (χ4v) is 2.51. The zero-order valence-corrected chi connectivity index (χ0v) is 13.3. The van der Waals surface area contributed by atoms with E-state index in [1.54, 1.807) is 13.0 Å². The van der Waals surface area contributed by atoms with Crippen LogP contribution in [0.5, 0.6) is 0 Å². The number of nitrogens with zero attached hydrogens (tertiary/aromatic N) is 4. The average Bonchev–Trinajstić information content (AvgIpc) is 2.81. The number of halogens is 1. The molecule has 0 bridgehead atoms. The minimum Gasteiger partial charge on any atom is -0.477 e. The Morgan fingerprint density at radius 1 is 1.39 bits per heavy atom. The van der Waals surface area contributed by atoms with Gasteiger partial charge in [-0.05, 0) is 28.9 Å². The number of hydrogen-bond donors (Lipinski definition) is 1. The van der Waals surface area contributed by atoms with Crippen molar-refractivity contribution < 1.29 is 14.8 Å². The molecule has 0 saturated heterocycles. The molecule has 0 spiro atoms. The highest BCUT2D eigenvalue weighted by Gasteiger charge is 2.18. The van der Waals surface area contributed by atoms with Crippen molar-refractivity contribution in [1.29, 1.82) is 0 Å². The zero-order chi connectivity index (χ0) is 16.7. The smallest absolute Gasteiger partial charge is 0.354 e. The van der Waals surface area contributed by atoms with Gasteiger partial charge in [0.15, 0.2) is 11.3 Å². The average molecular weight is 377 g/mol. The Hall–Kier alpha value is -2.81. The molecular weight excluding hydrogens is 368 g/mol. The molecule has 2 aromatic heterocycles. The van der Waals surface area contributed by atoms with Gasteiger partial charge in [-0.25, -0.2) is 14.3 Å². The summed E-state index contributed by atoms with van der Waals surface area (Å²) in [7, 11) is 0. The van der Waals surface area contributed by atoms with Crippen molar-refractivity contribution in [3.63, 3.8) is 0 Å². The fraction of sp³-hybridized carbons (Fsp3) is 0.0714. The van der Waals surface area contributed by atoms with E-state index in [9.17, 15) is 20.0 Å². The normalized spacial score (nSPS) is 10.9. The summed E-state index contributed by atoms with van der Waals surface area (Å²) in [6.07, 6.45) is 0. The molecule has 8 nitrogen and oxygen atoms in total. The molecule has 2 heterocycles. The maximum Gasteiger partial charge on any atom is 0.354 e. The van der Waals surface area contributed by atoms with E-state index in [4.69, 9.17) is 0 Å². The number of fused-ring (bicyclic) bond motifs is 1. The summed E-state index contributed by atoms with van der Waals surface area (Å²) in [4.78, 5) is 26.2. The second kappa shape index (κ2) is 5.43. The molecule has 0 unspecified atom stereocenters. The first-order valence-electron chi connectivity index (χ1n) is 6.42. The maximum atomic E-state index is 11.5. The van der Waals surface area contributed by atoms with E-state index >= 15 is 0 Å². The Morgan fingerprint density at radius 2 is 2.13 bits per heavy atom. The molecule has 0 aliphatic rings. The SMILES string of the molecule is Cc1nn2c(C(=O)O)cc(-c3cccc([N+](=O)[O-])c3)nc2c1Br. The molecule has 3 rings (SSSR count). The Morgan fingerprint density at radius 3 is 2.78 bits per heavy atom. The minimum absolute atomic E-state index is 0.0784. The van der Waals surface area contributed by atoms with Gasteiger partial charge in [0.1, 0.15) is 0 Å². The van der Waals surface area contributed by atoms with Crippen LogP contribution in [0.25, 0.3) is 16.9 Å². The van der Waals surface area contributed by atoms with Crippen LogP contribution in [-0.4, -0.2) is 30.6 Å². The first-order chi connectivity index (χ1) is 10.9. The topological polar surface area (TPSA) is 111 Å². The van der Waals surface area contributed by atoms with E-state index in [2.05, 4.69) is 26.0 Å². The van der Waals surface area contributed by atoms with Crippen LogP contribution >= 0.6 is 15.9 Å². The predicted octanol–water partition coefficient (Wildman–Crippen LogP) is 3.07. The van der Waals surface area contributed by atoms with Gasteiger partial charge >= 0.3 is 5.97 Å². The van der Waals surface area contributed by atoms with Gasteiger partial charge in [0.05, 0.1) is 20.8 Å². The van der Waals surface area contributed by atoms with Gasteiger partial charge in [-0.2, -0.15) is 5.10 Å². The molecule has 116 valence electrons. The van der Waals surface area contributed by atoms with Gasteiger partial charge in [-0.15, -0.1) is 0 Å². The molecular formula is C14H9BrN4O4. The molecule has 1 aromatic carbocycles. The summed E-state index contributed by atoms with van der Waals surface area (Å²) in [6, 6.07) is 7.21. The van der Waals surface area contributed by atoms with E-state index < -0.39 is 10.9 Å². The number of aromatic nitrogens is 3. The van der Waals surface area contributed by atoms with Crippen LogP contribution < -0.4 is 0 Å². The van der Waals surface area contributed by atoms with Gasteiger partial charge in [0, 0.05) is 17.7 Å². The number of nitro benzene ring substituents is 1. The predicted molar refractivity (Wildman–Crippen MR) is 84.5 cm³/mol. The van der Waals surface area contributed by atoms with Crippen molar-refractivity contribution in [3.05, 3.63) is 56.3 Å². The van der Waals surface area contributed by atoms with Crippen LogP contribution in [0.4, 0.5) is 5.69 Å². The largest absolute Gasteiger partial charge is 0.477 e. The number of nitro groups is 1. The van der Waals surface area contributed by atoms with Crippen LogP contribution in [0, 0.1) is 17.0 Å². The first kappa shape index (κ1) is 15.1. The number of carboxylic acids is 1. The lowest BCUT2D eigenvalue weighted by atomic mass is 10.1. The molecule has 0 saturated carbocycles. The second-order valence-electron chi connectivity index (χ2n) is 4.77. The lowest BCUT2D eigenvalue weighted by Gasteiger charge is -2.05. The third-order valence-corrected chi connectivity index (χ3v) is 4.19. The molecule has 0 atom stereocenters. The van der Waals surface area contributed by atoms with E-state index in [1.165, 1.54) is 28.8 Å². The van der Waals surface area contributed by atoms with Crippen LogP contribution in [0.3, 0.4) is 0 Å². The first-order valence-corrected chi connectivity index (χ1v) is 7.22. The van der Waals surface area contributed by atoms with Gasteiger partial charge in [0.25, 0.3) is 5.69 Å². The Kier molecular flexibility index (Phi) is 3.57. The second-order valence-corrected chi connectivity index (χ2v) is 5.57. The van der Waals surface area contributed by atoms with Crippen LogP contribution in [0.1, 0.15) is 16.2 Å². The molecule has 3 aromatic rings. The summed E-state index contributed by atoms with van der Waals surface area (Å²) < 4.78 is 1.80. The molecule has 0 aliphatic heterocycles. The molecule has 0 aliphatic carbocycles. The standard InChI is InChI=1S/C14H9BrN4O4/c1-7-12(15)13-16-10(6-11(14(20)21)18(13)17-7)8-3-2-4-9(5-8)19(22)23/h2-6H,1H3,(H,20,21). The lowest BCUT2D eigenvalue weighted by molar-refractivity contribution is -0.384. The van der Waals surface area contributed by atoms with Gasteiger partial charge in [-0.3, -0.25) is 10.1 Å². The summed E-state index contributed by atoms with van der Waals surface area (Å²) in [5.41, 5.74) is 1.53. The van der Waals surface area contributed by atoms with Gasteiger partial charge < -0.3 is 5.11 Å². The van der Waals surface area contributed by atoms with Crippen molar-refractivity contribution in [2.24, 2.45) is 0 Å². The number of rotatable bonds is 3. The third-order valence-electron chi connectivity index (χ3n) is 3.26. The number of hydrogen-bond acceptors (Lipinski definition) is 5. The monoisotopic (exact) mass is 376 g/mol. The molecule has 9 heteroatoms. The van der Waals surface area contributed by atoms with Crippen molar-refractivity contribution in [3.8, 4) is 11.3 Å². The van der Waals surface area contributed by atoms with Crippen molar-refractivity contribution in [2.45, 2.75) is 6.92 Å². The molecule has 0 radical (unpaired) electrons. The summed E-state index contributed by atoms with van der Waals surface area (Å²) in [6.45, 7) is 1.72. The number of aryl methyl sites for hydroxylation is 1. The number of aromatic carboxylic acids is 1. The number of non-ortho nitro benzene ring substituents is 1. The number of carboxylic acid groups (broad SMARTS) is 1. The van der Waals surface area contributed by atoms with Gasteiger partial charge in [-0.1, -0.05) is 12.1 Å². The van der Waals surface area contributed by atoms with Crippen molar-refractivity contribution in [1.82, 2.24) is 14.6 Å².